The van der Waals surface area contributed by atoms with Crippen LogP contribution in [0.15, 0.2) is 15.9 Å². The second-order valence-electron chi connectivity index (χ2n) is 5.30. The third kappa shape index (κ3) is 3.32. The molecule has 110 valence electrons. The molecule has 1 unspecified atom stereocenters. The number of carboxylic acid groups (broad SMARTS) is 1. The summed E-state index contributed by atoms with van der Waals surface area (Å²) >= 11 is 4.92. The Labute approximate surface area is 130 Å². The molecule has 0 spiro atoms. The molecule has 5 nitrogen and oxygen atoms in total. The highest BCUT2D eigenvalue weighted by Crippen LogP contribution is 2.39. The van der Waals surface area contributed by atoms with Gasteiger partial charge in [-0.2, -0.15) is 0 Å². The van der Waals surface area contributed by atoms with Gasteiger partial charge < -0.3 is 15.3 Å². The summed E-state index contributed by atoms with van der Waals surface area (Å²) in [5.74, 6) is -0.936. The number of aliphatic carboxylic acids is 1. The van der Waals surface area contributed by atoms with Gasteiger partial charge >= 0.3 is 12.0 Å². The van der Waals surface area contributed by atoms with Crippen molar-refractivity contribution in [3.8, 4) is 0 Å². The third-order valence-corrected chi connectivity index (χ3v) is 5.25. The number of urea groups is 1. The Kier molecular flexibility index (Phi) is 4.39. The van der Waals surface area contributed by atoms with Crippen molar-refractivity contribution in [3.05, 3.63) is 20.8 Å². The number of nitrogens with zero attached hydrogens (tertiary/aromatic N) is 1. The highest BCUT2D eigenvalue weighted by Gasteiger charge is 2.48. The molecular formula is C13H17BrN2O3S. The molecule has 1 aliphatic rings. The van der Waals surface area contributed by atoms with Gasteiger partial charge in [-0.3, -0.25) is 0 Å². The monoisotopic (exact) mass is 360 g/mol. The van der Waals surface area contributed by atoms with Crippen LogP contribution in [0.4, 0.5) is 4.79 Å². The van der Waals surface area contributed by atoms with E-state index in [1.165, 1.54) is 4.90 Å². The molecule has 2 amide bonds. The summed E-state index contributed by atoms with van der Waals surface area (Å²) in [6.45, 7) is 2.04. The molecule has 20 heavy (non-hydrogen) atoms. The number of hydrogen-bond acceptors (Lipinski definition) is 3. The van der Waals surface area contributed by atoms with Crippen LogP contribution in [-0.2, 0) is 11.3 Å². The van der Waals surface area contributed by atoms with E-state index in [-0.39, 0.29) is 11.9 Å². The first-order valence-electron chi connectivity index (χ1n) is 6.32. The van der Waals surface area contributed by atoms with Crippen LogP contribution in [0, 0.1) is 5.92 Å². The van der Waals surface area contributed by atoms with Gasteiger partial charge in [0, 0.05) is 21.8 Å². The summed E-state index contributed by atoms with van der Waals surface area (Å²) in [6.07, 6.45) is 1.70. The van der Waals surface area contributed by atoms with E-state index in [9.17, 15) is 14.7 Å². The fourth-order valence-corrected chi connectivity index (χ4v) is 3.55. The summed E-state index contributed by atoms with van der Waals surface area (Å²) in [5, 5.41) is 13.9. The second-order valence-corrected chi connectivity index (χ2v) is 7.21. The van der Waals surface area contributed by atoms with E-state index in [1.54, 1.807) is 25.3 Å². The average molecular weight is 361 g/mol. The molecule has 1 aromatic rings. The van der Waals surface area contributed by atoms with Crippen LogP contribution < -0.4 is 5.32 Å². The molecule has 0 saturated heterocycles. The Morgan fingerprint density at radius 1 is 1.60 bits per heavy atom. The lowest BCUT2D eigenvalue weighted by Gasteiger charge is -2.29. The Hall–Kier alpha value is -1.08. The maximum Gasteiger partial charge on any atom is 0.329 e. The number of nitrogens with one attached hydrogen (secondary N) is 1. The van der Waals surface area contributed by atoms with Crippen LogP contribution >= 0.6 is 27.3 Å². The van der Waals surface area contributed by atoms with E-state index in [4.69, 9.17) is 0 Å². The maximum atomic E-state index is 12.2. The number of rotatable bonds is 5. The SMILES string of the molecule is CN(Cc1cc(Br)cs1)C(=O)NC(C)(C(=O)O)C1CC1. The molecule has 1 fully saturated rings. The van der Waals surface area contributed by atoms with Crippen molar-refractivity contribution in [2.45, 2.75) is 31.8 Å². The molecule has 0 aliphatic heterocycles. The molecule has 0 radical (unpaired) electrons. The van der Waals surface area contributed by atoms with E-state index >= 15 is 0 Å². The summed E-state index contributed by atoms with van der Waals surface area (Å²) in [4.78, 5) is 26.1. The van der Waals surface area contributed by atoms with Gasteiger partial charge in [-0.15, -0.1) is 11.3 Å². The van der Waals surface area contributed by atoms with E-state index in [2.05, 4.69) is 21.2 Å². The van der Waals surface area contributed by atoms with Crippen molar-refractivity contribution in [1.82, 2.24) is 10.2 Å². The molecule has 1 aliphatic carbocycles. The minimum atomic E-state index is -1.17. The molecule has 1 atom stereocenters. The van der Waals surface area contributed by atoms with E-state index < -0.39 is 11.5 Å². The van der Waals surface area contributed by atoms with Crippen LogP contribution in [0.25, 0.3) is 0 Å². The van der Waals surface area contributed by atoms with Crippen molar-refractivity contribution in [2.75, 3.05) is 7.05 Å². The fraction of sp³-hybridized carbons (Fsp3) is 0.538. The third-order valence-electron chi connectivity index (χ3n) is 3.57. The lowest BCUT2D eigenvalue weighted by molar-refractivity contribution is -0.144. The zero-order valence-electron chi connectivity index (χ0n) is 11.4. The standard InChI is InChI=1S/C13H17BrN2O3S/c1-13(11(17)18,8-3-4-8)15-12(19)16(2)6-10-5-9(14)7-20-10/h5,7-8H,3-4,6H2,1-2H3,(H,15,19)(H,17,18). The van der Waals surface area contributed by atoms with Crippen molar-refractivity contribution in [2.24, 2.45) is 5.92 Å². The second kappa shape index (κ2) is 5.73. The normalized spacial score (nSPS) is 17.4. The number of halogens is 1. The molecule has 2 rings (SSSR count). The molecule has 2 N–H and O–H groups in total. The van der Waals surface area contributed by atoms with Gasteiger partial charge in [0.15, 0.2) is 0 Å². The van der Waals surface area contributed by atoms with Gasteiger partial charge in [-0.1, -0.05) is 0 Å². The minimum Gasteiger partial charge on any atom is -0.480 e. The van der Waals surface area contributed by atoms with Crippen LogP contribution in [0.2, 0.25) is 0 Å². The number of carbonyl (C=O) groups is 2. The van der Waals surface area contributed by atoms with E-state index in [1.807, 2.05) is 11.4 Å². The van der Waals surface area contributed by atoms with Crippen molar-refractivity contribution >= 4 is 39.3 Å². The molecular weight excluding hydrogens is 344 g/mol. The van der Waals surface area contributed by atoms with E-state index in [0.29, 0.717) is 6.54 Å². The average Bonchev–Trinajstić information content (AvgIpc) is 3.14. The molecule has 1 saturated carbocycles. The van der Waals surface area contributed by atoms with E-state index in [0.717, 1.165) is 22.2 Å². The van der Waals surface area contributed by atoms with Gasteiger partial charge in [0.2, 0.25) is 0 Å². The first kappa shape index (κ1) is 15.3. The summed E-state index contributed by atoms with van der Waals surface area (Å²) in [6, 6.07) is 1.59. The van der Waals surface area contributed by atoms with Crippen LogP contribution in [-0.4, -0.2) is 34.6 Å². The number of thiophene rings is 1. The first-order valence-corrected chi connectivity index (χ1v) is 8.00. The van der Waals surface area contributed by atoms with Gasteiger partial charge in [0.25, 0.3) is 0 Å². The Morgan fingerprint density at radius 2 is 2.25 bits per heavy atom. The number of amides is 2. The predicted molar refractivity (Wildman–Crippen MR) is 80.8 cm³/mol. The van der Waals surface area contributed by atoms with Crippen molar-refractivity contribution in [3.63, 3.8) is 0 Å². The quantitative estimate of drug-likeness (QED) is 0.847. The number of carbonyl (C=O) groups excluding carboxylic acids is 1. The van der Waals surface area contributed by atoms with Crippen LogP contribution in [0.5, 0.6) is 0 Å². The van der Waals surface area contributed by atoms with Gasteiger partial charge in [0.05, 0.1) is 6.54 Å². The van der Waals surface area contributed by atoms with Gasteiger partial charge in [-0.25, -0.2) is 9.59 Å². The number of carboxylic acids is 1. The summed E-state index contributed by atoms with van der Waals surface area (Å²) in [7, 11) is 1.66. The zero-order chi connectivity index (χ0) is 14.9. The Morgan fingerprint density at radius 3 is 2.70 bits per heavy atom. The molecule has 1 aromatic heterocycles. The Bertz CT molecular complexity index is 529. The zero-order valence-corrected chi connectivity index (χ0v) is 13.8. The predicted octanol–water partition coefficient (Wildman–Crippen LogP) is 2.91. The lowest BCUT2D eigenvalue weighted by Crippen LogP contribution is -2.56. The molecule has 0 bridgehead atoms. The maximum absolute atomic E-state index is 12.2. The lowest BCUT2D eigenvalue weighted by atomic mass is 9.96. The van der Waals surface area contributed by atoms with Crippen LogP contribution in [0.1, 0.15) is 24.6 Å². The fourth-order valence-electron chi connectivity index (χ4n) is 2.05. The largest absolute Gasteiger partial charge is 0.480 e. The van der Waals surface area contributed by atoms with Crippen LogP contribution in [0.3, 0.4) is 0 Å². The summed E-state index contributed by atoms with van der Waals surface area (Å²) < 4.78 is 0.986. The topological polar surface area (TPSA) is 69.6 Å². The van der Waals surface area contributed by atoms with Gasteiger partial charge in [0.1, 0.15) is 5.54 Å². The highest BCUT2D eigenvalue weighted by molar-refractivity contribution is 9.10. The van der Waals surface area contributed by atoms with Gasteiger partial charge in [-0.05, 0) is 47.7 Å². The van der Waals surface area contributed by atoms with Crippen molar-refractivity contribution in [1.29, 1.82) is 0 Å². The molecule has 0 aromatic carbocycles. The number of hydrogen-bond donors (Lipinski definition) is 2. The summed E-state index contributed by atoms with van der Waals surface area (Å²) in [5.41, 5.74) is -1.17. The molecule has 1 heterocycles. The molecule has 7 heteroatoms. The smallest absolute Gasteiger partial charge is 0.329 e. The first-order chi connectivity index (χ1) is 9.33. The van der Waals surface area contributed by atoms with Crippen molar-refractivity contribution < 1.29 is 14.7 Å². The highest BCUT2D eigenvalue weighted by atomic mass is 79.9. The Balaban J connectivity index is 1.98. The minimum absolute atomic E-state index is 0.0354.